The van der Waals surface area contributed by atoms with Crippen molar-refractivity contribution in [1.29, 1.82) is 0 Å². The number of rotatable bonds is 8. The number of hydrogen-bond acceptors (Lipinski definition) is 4. The molecule has 3 amide bonds. The highest BCUT2D eigenvalue weighted by molar-refractivity contribution is 6.30. The Labute approximate surface area is 263 Å². The van der Waals surface area contributed by atoms with Crippen LogP contribution in [0.4, 0.5) is 36.4 Å². The van der Waals surface area contributed by atoms with Crippen LogP contribution < -0.4 is 20.3 Å². The largest absolute Gasteiger partial charge is 0.573 e. The first-order valence-electron chi connectivity index (χ1n) is 13.9. The number of carbonyl (C=O) groups excluding carboxylic acids is 3. The first kappa shape index (κ1) is 34.5. The minimum atomic E-state index is -5.16. The molecule has 46 heavy (non-hydrogen) atoms. The van der Waals surface area contributed by atoms with Gasteiger partial charge in [0.2, 0.25) is 11.8 Å². The number of alkyl halides is 6. The number of amides is 3. The Morgan fingerprint density at radius 3 is 2.37 bits per heavy atom. The molecule has 0 fully saturated rings. The number of halogens is 8. The van der Waals surface area contributed by atoms with E-state index in [9.17, 15) is 45.1 Å². The summed E-state index contributed by atoms with van der Waals surface area (Å²) < 4.78 is 98.1. The van der Waals surface area contributed by atoms with E-state index in [1.165, 1.54) is 23.1 Å². The van der Waals surface area contributed by atoms with Crippen LogP contribution in [0.3, 0.4) is 0 Å². The molecule has 0 radical (unpaired) electrons. The molecule has 2 unspecified atom stereocenters. The number of hydrogen-bond donors (Lipinski definition) is 2. The molecule has 0 aromatic heterocycles. The monoisotopic (exact) mass is 673 g/mol. The summed E-state index contributed by atoms with van der Waals surface area (Å²) in [7, 11) is 0. The average molecular weight is 674 g/mol. The smallest absolute Gasteiger partial charge is 0.406 e. The topological polar surface area (TPSA) is 87.7 Å². The molecule has 3 aromatic rings. The summed E-state index contributed by atoms with van der Waals surface area (Å²) in [5.41, 5.74) is -1.62. The van der Waals surface area contributed by atoms with Gasteiger partial charge in [0.15, 0.2) is 0 Å². The van der Waals surface area contributed by atoms with Gasteiger partial charge in [-0.3, -0.25) is 14.4 Å². The number of nitrogens with one attached hydrogen (secondary N) is 2. The van der Waals surface area contributed by atoms with Crippen molar-refractivity contribution < 1.29 is 49.9 Å². The van der Waals surface area contributed by atoms with Gasteiger partial charge in [-0.25, -0.2) is 4.39 Å². The molecular weight excluding hydrogens is 647 g/mol. The number of benzene rings is 3. The van der Waals surface area contributed by atoms with E-state index in [0.717, 1.165) is 6.07 Å². The lowest BCUT2D eigenvalue weighted by Crippen LogP contribution is -2.55. The molecule has 2 atom stereocenters. The molecule has 0 spiro atoms. The maximum absolute atomic E-state index is 13.7. The summed E-state index contributed by atoms with van der Waals surface area (Å²) in [6.45, 7) is 3.48. The molecule has 0 saturated heterocycles. The highest BCUT2D eigenvalue weighted by atomic mass is 35.5. The summed E-state index contributed by atoms with van der Waals surface area (Å²) in [6, 6.07) is 7.50. The first-order valence-corrected chi connectivity index (χ1v) is 14.3. The zero-order chi connectivity index (χ0) is 34.0. The Kier molecular flexibility index (Phi) is 10.2. The van der Waals surface area contributed by atoms with Gasteiger partial charge in [0.25, 0.3) is 5.91 Å². The van der Waals surface area contributed by atoms with E-state index in [1.807, 2.05) is 0 Å². The van der Waals surface area contributed by atoms with E-state index in [1.54, 1.807) is 32.0 Å². The van der Waals surface area contributed by atoms with Crippen LogP contribution in [0, 0.1) is 5.82 Å². The zero-order valence-corrected chi connectivity index (χ0v) is 25.0. The highest BCUT2D eigenvalue weighted by Crippen LogP contribution is 2.34. The van der Waals surface area contributed by atoms with Crippen molar-refractivity contribution in [3.8, 4) is 5.75 Å². The quantitative estimate of drug-likeness (QED) is 0.264. The summed E-state index contributed by atoms with van der Waals surface area (Å²) >= 11 is 6.15. The lowest BCUT2D eigenvalue weighted by molar-refractivity contribution is -0.274. The van der Waals surface area contributed by atoms with Crippen LogP contribution in [0.2, 0.25) is 5.02 Å². The number of anilines is 1. The van der Waals surface area contributed by atoms with Crippen LogP contribution in [0.5, 0.6) is 5.75 Å². The predicted octanol–water partition coefficient (Wildman–Crippen LogP) is 6.61. The van der Waals surface area contributed by atoms with Crippen molar-refractivity contribution in [2.75, 3.05) is 4.90 Å². The Hall–Kier alpha value is -4.33. The molecule has 3 aromatic carbocycles. The second kappa shape index (κ2) is 13.6. The fourth-order valence-corrected chi connectivity index (χ4v) is 5.34. The van der Waals surface area contributed by atoms with Crippen LogP contribution in [0.1, 0.15) is 47.3 Å². The Morgan fingerprint density at radius 2 is 1.72 bits per heavy atom. The van der Waals surface area contributed by atoms with E-state index in [4.69, 9.17) is 11.6 Å². The van der Waals surface area contributed by atoms with Crippen molar-refractivity contribution in [3.05, 3.63) is 93.8 Å². The number of aryl methyl sites for hydroxylation is 1. The molecule has 1 aliphatic rings. The molecule has 2 N–H and O–H groups in total. The fraction of sp³-hybridized carbons (Fsp3) is 0.323. The third kappa shape index (κ3) is 8.27. The van der Waals surface area contributed by atoms with Gasteiger partial charge in [0.1, 0.15) is 23.7 Å². The lowest BCUT2D eigenvalue weighted by atomic mass is 10.0. The fourth-order valence-electron chi connectivity index (χ4n) is 5.15. The van der Waals surface area contributed by atoms with Gasteiger partial charge >= 0.3 is 12.5 Å². The van der Waals surface area contributed by atoms with E-state index in [2.05, 4.69) is 15.4 Å². The summed E-state index contributed by atoms with van der Waals surface area (Å²) in [5, 5.41) is 5.06. The maximum Gasteiger partial charge on any atom is 0.573 e. The van der Waals surface area contributed by atoms with Gasteiger partial charge in [0, 0.05) is 23.2 Å². The number of nitrogens with zero attached hydrogens (tertiary/aromatic N) is 1. The van der Waals surface area contributed by atoms with E-state index in [0.29, 0.717) is 28.4 Å². The lowest BCUT2D eigenvalue weighted by Gasteiger charge is -2.30. The van der Waals surface area contributed by atoms with Crippen molar-refractivity contribution in [3.63, 3.8) is 0 Å². The van der Waals surface area contributed by atoms with Crippen molar-refractivity contribution >= 4 is 35.0 Å². The maximum atomic E-state index is 13.7. The van der Waals surface area contributed by atoms with E-state index < -0.39 is 71.5 Å². The van der Waals surface area contributed by atoms with Crippen molar-refractivity contribution in [2.45, 2.75) is 63.8 Å². The van der Waals surface area contributed by atoms with Gasteiger partial charge in [-0.1, -0.05) is 29.8 Å². The first-order chi connectivity index (χ1) is 21.4. The van der Waals surface area contributed by atoms with Gasteiger partial charge in [0.05, 0.1) is 11.1 Å². The Balaban J connectivity index is 1.69. The summed E-state index contributed by atoms with van der Waals surface area (Å²) in [5.74, 6) is -5.06. The Bertz CT molecular complexity index is 1630. The second-order valence-electron chi connectivity index (χ2n) is 10.7. The normalized spacial score (nSPS) is 16.0. The molecule has 0 bridgehead atoms. The van der Waals surface area contributed by atoms with Crippen LogP contribution >= 0.6 is 11.6 Å². The van der Waals surface area contributed by atoms with Crippen molar-refractivity contribution in [2.24, 2.45) is 0 Å². The molecule has 1 aliphatic heterocycles. The third-order valence-corrected chi connectivity index (χ3v) is 7.38. The molecular formula is C31H27ClF7N3O4. The summed E-state index contributed by atoms with van der Waals surface area (Å²) in [6.07, 6.45) is -10.6. The zero-order valence-electron chi connectivity index (χ0n) is 24.2. The highest BCUT2D eigenvalue weighted by Gasteiger charge is 2.39. The number of carbonyl (C=O) groups is 3. The van der Waals surface area contributed by atoms with Gasteiger partial charge < -0.3 is 20.3 Å². The molecule has 15 heteroatoms. The van der Waals surface area contributed by atoms with Crippen molar-refractivity contribution in [1.82, 2.24) is 10.6 Å². The third-order valence-electron chi connectivity index (χ3n) is 7.15. The van der Waals surface area contributed by atoms with E-state index >= 15 is 0 Å². The molecule has 246 valence electrons. The summed E-state index contributed by atoms with van der Waals surface area (Å²) in [4.78, 5) is 42.0. The van der Waals surface area contributed by atoms with E-state index in [-0.39, 0.29) is 30.5 Å². The molecule has 1 heterocycles. The Morgan fingerprint density at radius 1 is 1.02 bits per heavy atom. The minimum Gasteiger partial charge on any atom is -0.406 e. The van der Waals surface area contributed by atoms with Gasteiger partial charge in [-0.2, -0.15) is 13.2 Å². The van der Waals surface area contributed by atoms with Crippen LogP contribution in [0.15, 0.2) is 60.7 Å². The molecule has 7 nitrogen and oxygen atoms in total. The SMILES string of the molecule is CC(C)N1C(=O)C(NC(=O)C(Cc2ccccc2OC(F)(F)F)NC(=O)c2ccc(F)cc2C(F)(F)F)CCc2cc(Cl)ccc21. The van der Waals surface area contributed by atoms with Crippen LogP contribution in [0.25, 0.3) is 0 Å². The molecule has 4 rings (SSSR count). The van der Waals surface area contributed by atoms with Crippen LogP contribution in [-0.4, -0.2) is 42.2 Å². The second-order valence-corrected chi connectivity index (χ2v) is 11.2. The average Bonchev–Trinajstić information content (AvgIpc) is 3.08. The van der Waals surface area contributed by atoms with Gasteiger partial charge in [-0.05, 0) is 80.3 Å². The number of fused-ring (bicyclic) bond motifs is 1. The van der Waals surface area contributed by atoms with Crippen LogP contribution in [-0.2, 0) is 28.6 Å². The van der Waals surface area contributed by atoms with Gasteiger partial charge in [-0.15, -0.1) is 13.2 Å². The standard InChI is InChI=1S/C31H27ClF7N3O4/c1-16(2)42-25-12-8-19(32)13-17(25)7-11-23(29(42)45)40-28(44)24(14-18-5-3-4-6-26(18)46-31(37,38)39)41-27(43)21-10-9-20(33)15-22(21)30(34,35)36/h3-6,8-10,12-13,15-16,23-24H,7,11,14H2,1-2H3,(H,40,44)(H,41,43). The predicted molar refractivity (Wildman–Crippen MR) is 154 cm³/mol. The number of para-hydroxylation sites is 1. The minimum absolute atomic E-state index is 0.0613. The molecule has 0 saturated carbocycles. The number of ether oxygens (including phenoxy) is 1. The molecule has 0 aliphatic carbocycles.